The fourth-order valence-corrected chi connectivity index (χ4v) is 1.70. The molecule has 0 saturated carbocycles. The van der Waals surface area contributed by atoms with E-state index in [1.165, 1.54) is 5.56 Å². The quantitative estimate of drug-likeness (QED) is 0.638. The van der Waals surface area contributed by atoms with E-state index in [1.807, 2.05) is 24.3 Å². The van der Waals surface area contributed by atoms with Crippen molar-refractivity contribution in [3.05, 3.63) is 55.1 Å². The molecular weight excluding hydrogens is 210 g/mol. The van der Waals surface area contributed by atoms with Crippen molar-refractivity contribution in [2.45, 2.75) is 6.42 Å². The smallest absolute Gasteiger partial charge is 0.118 e. The summed E-state index contributed by atoms with van der Waals surface area (Å²) >= 11 is 0. The first kappa shape index (κ1) is 13.5. The van der Waals surface area contributed by atoms with Gasteiger partial charge in [-0.2, -0.15) is 0 Å². The summed E-state index contributed by atoms with van der Waals surface area (Å²) in [7, 11) is 1.69. The van der Waals surface area contributed by atoms with Gasteiger partial charge in [-0.3, -0.25) is 4.90 Å². The van der Waals surface area contributed by atoms with Crippen molar-refractivity contribution in [1.29, 1.82) is 0 Å². The van der Waals surface area contributed by atoms with E-state index in [0.29, 0.717) is 0 Å². The highest BCUT2D eigenvalue weighted by atomic mass is 16.5. The third-order valence-corrected chi connectivity index (χ3v) is 2.65. The van der Waals surface area contributed by atoms with Crippen LogP contribution in [-0.4, -0.2) is 31.6 Å². The van der Waals surface area contributed by atoms with Crippen molar-refractivity contribution in [1.82, 2.24) is 4.90 Å². The van der Waals surface area contributed by atoms with E-state index in [2.05, 4.69) is 30.2 Å². The number of rotatable bonds is 8. The fraction of sp³-hybridized carbons (Fsp3) is 0.333. The second kappa shape index (κ2) is 7.69. The van der Waals surface area contributed by atoms with Crippen LogP contribution in [0.3, 0.4) is 0 Å². The van der Waals surface area contributed by atoms with Gasteiger partial charge in [0.1, 0.15) is 5.75 Å². The van der Waals surface area contributed by atoms with Gasteiger partial charge in [-0.25, -0.2) is 0 Å². The molecule has 0 radical (unpaired) electrons. The summed E-state index contributed by atoms with van der Waals surface area (Å²) in [5.74, 6) is 0.905. The third kappa shape index (κ3) is 4.87. The summed E-state index contributed by atoms with van der Waals surface area (Å²) in [4.78, 5) is 2.31. The third-order valence-electron chi connectivity index (χ3n) is 2.65. The van der Waals surface area contributed by atoms with E-state index in [-0.39, 0.29) is 0 Å². The van der Waals surface area contributed by atoms with Crippen molar-refractivity contribution in [2.75, 3.05) is 26.7 Å². The maximum Gasteiger partial charge on any atom is 0.118 e. The number of nitrogens with zero attached hydrogens (tertiary/aromatic N) is 1. The number of ether oxygens (including phenoxy) is 1. The van der Waals surface area contributed by atoms with Crippen molar-refractivity contribution in [3.63, 3.8) is 0 Å². The zero-order valence-electron chi connectivity index (χ0n) is 10.6. The Morgan fingerprint density at radius 1 is 1.12 bits per heavy atom. The molecule has 0 aromatic heterocycles. The Kier molecular flexibility index (Phi) is 6.12. The van der Waals surface area contributed by atoms with E-state index in [9.17, 15) is 0 Å². The first-order chi connectivity index (χ1) is 8.30. The molecule has 17 heavy (non-hydrogen) atoms. The summed E-state index contributed by atoms with van der Waals surface area (Å²) in [5, 5.41) is 0. The molecule has 0 atom stereocenters. The average Bonchev–Trinajstić information content (AvgIpc) is 2.37. The number of hydrogen-bond acceptors (Lipinski definition) is 2. The minimum Gasteiger partial charge on any atom is -0.497 e. The maximum atomic E-state index is 5.13. The number of hydrogen-bond donors (Lipinski definition) is 0. The van der Waals surface area contributed by atoms with Crippen molar-refractivity contribution in [2.24, 2.45) is 0 Å². The Labute approximate surface area is 104 Å². The van der Waals surface area contributed by atoms with Crippen LogP contribution in [0.15, 0.2) is 49.6 Å². The molecule has 2 heteroatoms. The fourth-order valence-electron chi connectivity index (χ4n) is 1.70. The number of methoxy groups -OCH3 is 1. The number of benzene rings is 1. The summed E-state index contributed by atoms with van der Waals surface area (Å²) in [6.45, 7) is 10.4. The molecule has 1 aromatic carbocycles. The first-order valence-corrected chi connectivity index (χ1v) is 5.87. The molecule has 1 rings (SSSR count). The molecule has 92 valence electrons. The zero-order chi connectivity index (χ0) is 12.5. The predicted molar refractivity (Wildman–Crippen MR) is 73.5 cm³/mol. The van der Waals surface area contributed by atoms with Gasteiger partial charge in [0.25, 0.3) is 0 Å². The molecule has 0 saturated heterocycles. The van der Waals surface area contributed by atoms with Gasteiger partial charge in [0.2, 0.25) is 0 Å². The molecule has 0 fully saturated rings. The summed E-state index contributed by atoms with van der Waals surface area (Å²) < 4.78 is 5.13. The van der Waals surface area contributed by atoms with Crippen LogP contribution in [0.25, 0.3) is 0 Å². The molecule has 0 N–H and O–H groups in total. The summed E-state index contributed by atoms with van der Waals surface area (Å²) in [6, 6.07) is 8.22. The molecule has 1 aromatic rings. The Bertz CT molecular complexity index is 332. The van der Waals surface area contributed by atoms with Gasteiger partial charge < -0.3 is 4.74 Å². The standard InChI is InChI=1S/C15H21NO/c1-4-11-16(12-5-2)13-10-14-6-8-15(17-3)9-7-14/h4-9H,1-2,10-13H2,3H3. The van der Waals surface area contributed by atoms with Crippen LogP contribution < -0.4 is 4.74 Å². The van der Waals surface area contributed by atoms with Crippen LogP contribution in [-0.2, 0) is 6.42 Å². The molecule has 0 aliphatic heterocycles. The van der Waals surface area contributed by atoms with Crippen molar-refractivity contribution >= 4 is 0 Å². The zero-order valence-corrected chi connectivity index (χ0v) is 10.6. The van der Waals surface area contributed by atoms with E-state index in [4.69, 9.17) is 4.74 Å². The Balaban J connectivity index is 2.46. The van der Waals surface area contributed by atoms with Crippen LogP contribution in [0.1, 0.15) is 5.56 Å². The first-order valence-electron chi connectivity index (χ1n) is 5.87. The maximum absolute atomic E-state index is 5.13. The minimum atomic E-state index is 0.905. The van der Waals surface area contributed by atoms with Crippen molar-refractivity contribution < 1.29 is 4.74 Å². The summed E-state index contributed by atoms with van der Waals surface area (Å²) in [6.07, 6.45) is 4.89. The van der Waals surface area contributed by atoms with Gasteiger partial charge in [-0.15, -0.1) is 13.2 Å². The van der Waals surface area contributed by atoms with Gasteiger partial charge in [-0.1, -0.05) is 24.3 Å². The molecule has 0 aliphatic rings. The highest BCUT2D eigenvalue weighted by molar-refractivity contribution is 5.27. The lowest BCUT2D eigenvalue weighted by atomic mass is 10.1. The van der Waals surface area contributed by atoms with E-state index >= 15 is 0 Å². The topological polar surface area (TPSA) is 12.5 Å². The molecule has 0 unspecified atom stereocenters. The lowest BCUT2D eigenvalue weighted by Crippen LogP contribution is -2.26. The van der Waals surface area contributed by atoms with Gasteiger partial charge in [0.05, 0.1) is 7.11 Å². The molecule has 2 nitrogen and oxygen atoms in total. The van der Waals surface area contributed by atoms with Crippen molar-refractivity contribution in [3.8, 4) is 5.75 Å². The van der Waals surface area contributed by atoms with Crippen LogP contribution >= 0.6 is 0 Å². The lowest BCUT2D eigenvalue weighted by molar-refractivity contribution is 0.340. The molecule has 0 spiro atoms. The highest BCUT2D eigenvalue weighted by Crippen LogP contribution is 2.11. The highest BCUT2D eigenvalue weighted by Gasteiger charge is 2.01. The van der Waals surface area contributed by atoms with Crippen LogP contribution in [0.5, 0.6) is 5.75 Å². The van der Waals surface area contributed by atoms with Gasteiger partial charge >= 0.3 is 0 Å². The molecule has 0 bridgehead atoms. The Hall–Kier alpha value is -1.54. The van der Waals surface area contributed by atoms with Gasteiger partial charge in [0, 0.05) is 19.6 Å². The van der Waals surface area contributed by atoms with E-state index in [0.717, 1.165) is 31.8 Å². The monoisotopic (exact) mass is 231 g/mol. The van der Waals surface area contributed by atoms with Gasteiger partial charge in [0.15, 0.2) is 0 Å². The van der Waals surface area contributed by atoms with E-state index in [1.54, 1.807) is 7.11 Å². The summed E-state index contributed by atoms with van der Waals surface area (Å²) in [5.41, 5.74) is 1.32. The molecule has 0 aliphatic carbocycles. The molecular formula is C15H21NO. The second-order valence-corrected chi connectivity index (χ2v) is 3.94. The Morgan fingerprint density at radius 3 is 2.18 bits per heavy atom. The average molecular weight is 231 g/mol. The largest absolute Gasteiger partial charge is 0.497 e. The lowest BCUT2D eigenvalue weighted by Gasteiger charge is -2.18. The SMILES string of the molecule is C=CCN(CC=C)CCc1ccc(OC)cc1. The Morgan fingerprint density at radius 2 is 1.71 bits per heavy atom. The second-order valence-electron chi connectivity index (χ2n) is 3.94. The molecule has 0 heterocycles. The van der Waals surface area contributed by atoms with Crippen LogP contribution in [0, 0.1) is 0 Å². The van der Waals surface area contributed by atoms with Crippen LogP contribution in [0.4, 0.5) is 0 Å². The van der Waals surface area contributed by atoms with Gasteiger partial charge in [-0.05, 0) is 24.1 Å². The van der Waals surface area contributed by atoms with E-state index < -0.39 is 0 Å². The normalized spacial score (nSPS) is 10.2. The van der Waals surface area contributed by atoms with Crippen LogP contribution in [0.2, 0.25) is 0 Å². The molecule has 0 amide bonds. The predicted octanol–water partition coefficient (Wildman–Crippen LogP) is 2.91. The minimum absolute atomic E-state index is 0.905.